The molecule has 15 heavy (non-hydrogen) atoms. The van der Waals surface area contributed by atoms with Gasteiger partial charge in [-0.2, -0.15) is 0 Å². The zero-order valence-corrected chi connectivity index (χ0v) is 9.14. The Bertz CT molecular complexity index is 328. The van der Waals surface area contributed by atoms with Crippen molar-refractivity contribution in [3.8, 4) is 0 Å². The second-order valence-electron chi connectivity index (χ2n) is 3.46. The van der Waals surface area contributed by atoms with Gasteiger partial charge in [0.2, 0.25) is 0 Å². The predicted octanol–water partition coefficient (Wildman–Crippen LogP) is 2.56. The van der Waals surface area contributed by atoms with Gasteiger partial charge in [-0.15, -0.1) is 0 Å². The average molecular weight is 204 g/mol. The third-order valence-corrected chi connectivity index (χ3v) is 2.18. The van der Waals surface area contributed by atoms with Gasteiger partial charge >= 0.3 is 0 Å². The number of methoxy groups -OCH3 is 1. The van der Waals surface area contributed by atoms with Crippen LogP contribution in [0.25, 0.3) is 0 Å². The molecule has 0 heterocycles. The van der Waals surface area contributed by atoms with Crippen molar-refractivity contribution in [3.63, 3.8) is 0 Å². The van der Waals surface area contributed by atoms with E-state index in [0.29, 0.717) is 0 Å². The van der Waals surface area contributed by atoms with Gasteiger partial charge < -0.3 is 4.74 Å². The van der Waals surface area contributed by atoms with Crippen molar-refractivity contribution in [2.75, 3.05) is 13.7 Å². The molecule has 0 bridgehead atoms. The largest absolute Gasteiger partial charge is 0.377 e. The molecule has 0 aliphatic heterocycles. The molecule has 0 aliphatic rings. The number of carbonyl (C=O) groups is 1. The lowest BCUT2D eigenvalue weighted by Crippen LogP contribution is -2.02. The molecule has 80 valence electrons. The smallest absolute Gasteiger partial charge is 0.180 e. The quantitative estimate of drug-likeness (QED) is 0.689. The molecule has 0 aromatic heterocycles. The van der Waals surface area contributed by atoms with Crippen molar-refractivity contribution in [2.24, 2.45) is 0 Å². The van der Waals surface area contributed by atoms with Crippen LogP contribution in [0.3, 0.4) is 0 Å². The Labute approximate surface area is 90.6 Å². The van der Waals surface area contributed by atoms with E-state index < -0.39 is 0 Å². The van der Waals surface area contributed by atoms with Crippen molar-refractivity contribution in [1.82, 2.24) is 0 Å². The van der Waals surface area contributed by atoms with Crippen molar-refractivity contribution >= 4 is 5.78 Å². The van der Waals surface area contributed by atoms with Crippen LogP contribution in [-0.4, -0.2) is 19.5 Å². The second-order valence-corrected chi connectivity index (χ2v) is 3.46. The Morgan fingerprint density at radius 3 is 2.67 bits per heavy atom. The summed E-state index contributed by atoms with van der Waals surface area (Å²) in [5, 5.41) is 0. The van der Waals surface area contributed by atoms with Crippen molar-refractivity contribution in [2.45, 2.75) is 12.8 Å². The number of benzene rings is 1. The highest BCUT2D eigenvalue weighted by molar-refractivity contribution is 5.90. The lowest BCUT2D eigenvalue weighted by atomic mass is 10.0. The van der Waals surface area contributed by atoms with Crippen LogP contribution in [-0.2, 0) is 9.53 Å². The fourth-order valence-electron chi connectivity index (χ4n) is 1.31. The van der Waals surface area contributed by atoms with Gasteiger partial charge in [-0.3, -0.25) is 4.79 Å². The van der Waals surface area contributed by atoms with E-state index >= 15 is 0 Å². The minimum absolute atomic E-state index is 0.000260. The molecule has 1 aromatic rings. The summed E-state index contributed by atoms with van der Waals surface area (Å²) < 4.78 is 4.74. The summed E-state index contributed by atoms with van der Waals surface area (Å²) in [6.45, 7) is 2.21. The fraction of sp³-hybridized carbons (Fsp3) is 0.308. The van der Waals surface area contributed by atoms with E-state index in [2.05, 4.69) is 19.1 Å². The molecule has 2 heteroatoms. The van der Waals surface area contributed by atoms with Crippen LogP contribution in [0.4, 0.5) is 0 Å². The fourth-order valence-corrected chi connectivity index (χ4v) is 1.31. The number of hydrogen-bond acceptors (Lipinski definition) is 2. The summed E-state index contributed by atoms with van der Waals surface area (Å²) in [5.41, 5.74) is 1.21. The van der Waals surface area contributed by atoms with Crippen LogP contribution in [0.5, 0.6) is 0 Å². The van der Waals surface area contributed by atoms with Gasteiger partial charge in [-0.25, -0.2) is 0 Å². The van der Waals surface area contributed by atoms with Gasteiger partial charge in [0.25, 0.3) is 0 Å². The van der Waals surface area contributed by atoms with Crippen LogP contribution in [0.1, 0.15) is 18.4 Å². The van der Waals surface area contributed by atoms with Crippen LogP contribution in [0.15, 0.2) is 42.5 Å². The standard InChI is InChI=1S/C13H16O2/c1-11(8-9-13(14)10-15-2)12-6-4-3-5-7-12/h3-9,11H,10H2,1-2H3/b9-8+. The average Bonchev–Trinajstić information content (AvgIpc) is 2.27. The van der Waals surface area contributed by atoms with Gasteiger partial charge in [-0.1, -0.05) is 43.3 Å². The molecule has 0 aliphatic carbocycles. The number of ketones is 1. The van der Waals surface area contributed by atoms with E-state index in [0.717, 1.165) is 0 Å². The molecule has 2 nitrogen and oxygen atoms in total. The van der Waals surface area contributed by atoms with E-state index in [1.807, 2.05) is 24.3 Å². The Hall–Kier alpha value is -1.41. The van der Waals surface area contributed by atoms with Gasteiger partial charge in [0.05, 0.1) is 0 Å². The Morgan fingerprint density at radius 1 is 1.40 bits per heavy atom. The summed E-state index contributed by atoms with van der Waals surface area (Å²) in [7, 11) is 1.52. The topological polar surface area (TPSA) is 26.3 Å². The maximum Gasteiger partial charge on any atom is 0.180 e. The normalized spacial score (nSPS) is 12.9. The SMILES string of the molecule is COCC(=O)/C=C/C(C)c1ccccc1. The molecule has 0 fully saturated rings. The summed E-state index contributed by atoms with van der Waals surface area (Å²) in [5.74, 6) is 0.257. The molecule has 1 atom stereocenters. The number of rotatable bonds is 5. The first kappa shape index (κ1) is 11.7. The molecular weight excluding hydrogens is 188 g/mol. The number of allylic oxidation sites excluding steroid dienone is 1. The Kier molecular flexibility index (Phi) is 4.78. The molecule has 0 amide bonds. The molecule has 0 saturated carbocycles. The minimum Gasteiger partial charge on any atom is -0.377 e. The predicted molar refractivity (Wildman–Crippen MR) is 60.9 cm³/mol. The number of ether oxygens (including phenoxy) is 1. The maximum absolute atomic E-state index is 11.2. The second kappa shape index (κ2) is 6.14. The van der Waals surface area contributed by atoms with E-state index in [9.17, 15) is 4.79 Å². The van der Waals surface area contributed by atoms with Crippen molar-refractivity contribution in [3.05, 3.63) is 48.0 Å². The van der Waals surface area contributed by atoms with Crippen LogP contribution >= 0.6 is 0 Å². The number of carbonyl (C=O) groups excluding carboxylic acids is 1. The molecule has 1 rings (SSSR count). The first-order valence-corrected chi connectivity index (χ1v) is 4.99. The van der Waals surface area contributed by atoms with Gasteiger partial charge in [0.1, 0.15) is 6.61 Å². The molecule has 0 N–H and O–H groups in total. The lowest BCUT2D eigenvalue weighted by Gasteiger charge is -2.05. The molecule has 0 spiro atoms. The summed E-state index contributed by atoms with van der Waals surface area (Å²) in [4.78, 5) is 11.2. The highest BCUT2D eigenvalue weighted by Crippen LogP contribution is 2.15. The Balaban J connectivity index is 2.56. The Morgan fingerprint density at radius 2 is 2.07 bits per heavy atom. The first-order valence-electron chi connectivity index (χ1n) is 4.99. The maximum atomic E-state index is 11.2. The van der Waals surface area contributed by atoms with Gasteiger partial charge in [0, 0.05) is 7.11 Å². The van der Waals surface area contributed by atoms with Crippen LogP contribution in [0, 0.1) is 0 Å². The highest BCUT2D eigenvalue weighted by atomic mass is 16.5. The summed E-state index contributed by atoms with van der Waals surface area (Å²) in [6, 6.07) is 10.1. The minimum atomic E-state index is 0.000260. The van der Waals surface area contributed by atoms with Gasteiger partial charge in [-0.05, 0) is 17.6 Å². The lowest BCUT2D eigenvalue weighted by molar-refractivity contribution is -0.118. The van der Waals surface area contributed by atoms with E-state index in [-0.39, 0.29) is 18.3 Å². The van der Waals surface area contributed by atoms with Crippen LogP contribution in [0.2, 0.25) is 0 Å². The zero-order chi connectivity index (χ0) is 11.1. The third kappa shape index (κ3) is 4.09. The van der Waals surface area contributed by atoms with Gasteiger partial charge in [0.15, 0.2) is 5.78 Å². The monoisotopic (exact) mass is 204 g/mol. The molecule has 0 saturated heterocycles. The first-order chi connectivity index (χ1) is 7.24. The highest BCUT2D eigenvalue weighted by Gasteiger charge is 2.01. The third-order valence-electron chi connectivity index (χ3n) is 2.18. The zero-order valence-electron chi connectivity index (χ0n) is 9.14. The molecule has 1 unspecified atom stereocenters. The van der Waals surface area contributed by atoms with E-state index in [1.165, 1.54) is 12.7 Å². The number of hydrogen-bond donors (Lipinski definition) is 0. The molecular formula is C13H16O2. The van der Waals surface area contributed by atoms with E-state index in [1.54, 1.807) is 6.08 Å². The summed E-state index contributed by atoms with van der Waals surface area (Å²) in [6.07, 6.45) is 3.48. The van der Waals surface area contributed by atoms with Crippen molar-refractivity contribution < 1.29 is 9.53 Å². The molecule has 0 radical (unpaired) electrons. The van der Waals surface area contributed by atoms with Crippen molar-refractivity contribution in [1.29, 1.82) is 0 Å². The van der Waals surface area contributed by atoms with Crippen LogP contribution < -0.4 is 0 Å². The summed E-state index contributed by atoms with van der Waals surface area (Å²) >= 11 is 0. The van der Waals surface area contributed by atoms with E-state index in [4.69, 9.17) is 4.74 Å². The molecule has 1 aromatic carbocycles.